The lowest BCUT2D eigenvalue weighted by Crippen LogP contribution is -2.24. The van der Waals surface area contributed by atoms with Gasteiger partial charge in [0.15, 0.2) is 5.65 Å². The molecule has 4 rings (SSSR count). The lowest BCUT2D eigenvalue weighted by molar-refractivity contribution is -0.113. The number of methoxy groups -OCH3 is 1. The number of amides is 1. The number of hydrogen-bond acceptors (Lipinski definition) is 7. The van der Waals surface area contributed by atoms with Crippen LogP contribution in [0.1, 0.15) is 0 Å². The smallest absolute Gasteiger partial charge is 0.250 e. The molecule has 10 heteroatoms. The van der Waals surface area contributed by atoms with E-state index in [1.54, 1.807) is 48.0 Å². The van der Waals surface area contributed by atoms with Gasteiger partial charge < -0.3 is 20.3 Å². The first-order valence-electron chi connectivity index (χ1n) is 10.8. The number of carbonyl (C=O) groups is 1. The first kappa shape index (κ1) is 24.2. The highest BCUT2D eigenvalue weighted by Crippen LogP contribution is 2.35. The van der Waals surface area contributed by atoms with Gasteiger partial charge in [-0.15, -0.1) is 0 Å². The summed E-state index contributed by atoms with van der Waals surface area (Å²) >= 11 is 6.08. The molecule has 0 aliphatic heterocycles. The number of likely N-dealkylation sites (N-methyl/N-ethyl adjacent to an activating group) is 2. The topological polar surface area (TPSA) is 102 Å². The van der Waals surface area contributed by atoms with Crippen LogP contribution in [0.3, 0.4) is 0 Å². The summed E-state index contributed by atoms with van der Waals surface area (Å²) in [5.41, 5.74) is 9.45. The molecule has 4 aromatic rings. The van der Waals surface area contributed by atoms with Crippen LogP contribution in [-0.4, -0.2) is 65.4 Å². The maximum absolute atomic E-state index is 12.7. The van der Waals surface area contributed by atoms with Crippen molar-refractivity contribution >= 4 is 40.0 Å². The van der Waals surface area contributed by atoms with Crippen molar-refractivity contribution in [3.63, 3.8) is 0 Å². The van der Waals surface area contributed by atoms with E-state index >= 15 is 0 Å². The molecule has 2 N–H and O–H groups in total. The van der Waals surface area contributed by atoms with Crippen LogP contribution >= 0.6 is 11.6 Å². The van der Waals surface area contributed by atoms with Gasteiger partial charge in [0.25, 0.3) is 0 Å². The Kier molecular flexibility index (Phi) is 6.99. The summed E-state index contributed by atoms with van der Waals surface area (Å²) in [6, 6.07) is 12.7. The Bertz CT molecular complexity index is 1400. The van der Waals surface area contributed by atoms with E-state index in [2.05, 4.69) is 9.97 Å². The van der Waals surface area contributed by atoms with Crippen molar-refractivity contribution in [2.24, 2.45) is 0 Å². The number of ether oxygens (including phenoxy) is 1. The molecule has 0 spiro atoms. The zero-order chi connectivity index (χ0) is 25.1. The Morgan fingerprint density at radius 3 is 2.57 bits per heavy atom. The van der Waals surface area contributed by atoms with E-state index in [4.69, 9.17) is 27.2 Å². The molecule has 0 atom stereocenters. The second-order valence-electron chi connectivity index (χ2n) is 8.14. The Balaban J connectivity index is 1.84. The zero-order valence-electron chi connectivity index (χ0n) is 19.9. The van der Waals surface area contributed by atoms with Gasteiger partial charge in [0.05, 0.1) is 12.5 Å². The van der Waals surface area contributed by atoms with Gasteiger partial charge in [0.2, 0.25) is 5.91 Å². The number of hydrogen-bond donors (Lipinski definition) is 1. The maximum Gasteiger partial charge on any atom is 0.250 e. The van der Waals surface area contributed by atoms with Crippen molar-refractivity contribution in [2.75, 3.05) is 45.4 Å². The molecule has 0 aliphatic rings. The van der Waals surface area contributed by atoms with Crippen molar-refractivity contribution < 1.29 is 9.53 Å². The number of nitrogens with two attached hydrogens (primary N) is 1. The first-order valence-corrected chi connectivity index (χ1v) is 11.2. The average Bonchev–Trinajstić information content (AvgIpc) is 3.24. The van der Waals surface area contributed by atoms with E-state index < -0.39 is 0 Å². The summed E-state index contributed by atoms with van der Waals surface area (Å²) < 4.78 is 7.27. The molecule has 2 heterocycles. The average molecular weight is 492 g/mol. The molecule has 0 unspecified atom stereocenters. The monoisotopic (exact) mass is 491 g/mol. The number of benzene rings is 2. The summed E-state index contributed by atoms with van der Waals surface area (Å²) in [6.45, 7) is 0.668. The van der Waals surface area contributed by atoms with Crippen molar-refractivity contribution in [2.45, 2.75) is 0 Å². The van der Waals surface area contributed by atoms with Crippen molar-refractivity contribution in [3.8, 4) is 22.7 Å². The fourth-order valence-corrected chi connectivity index (χ4v) is 3.73. The molecule has 35 heavy (non-hydrogen) atoms. The predicted octanol–water partition coefficient (Wildman–Crippen LogP) is 3.81. The second-order valence-corrected chi connectivity index (χ2v) is 8.58. The summed E-state index contributed by atoms with van der Waals surface area (Å²) in [5, 5.41) is 6.06. The lowest BCUT2D eigenvalue weighted by atomic mass is 10.1. The molecule has 0 fully saturated rings. The number of nitrogen functional groups attached to an aromatic ring is 1. The quantitative estimate of drug-likeness (QED) is 0.392. The van der Waals surface area contributed by atoms with Gasteiger partial charge in [-0.3, -0.25) is 4.79 Å². The molecule has 2 aromatic heterocycles. The van der Waals surface area contributed by atoms with Gasteiger partial charge in [-0.05, 0) is 44.4 Å². The van der Waals surface area contributed by atoms with Gasteiger partial charge in [-0.1, -0.05) is 29.8 Å². The van der Waals surface area contributed by atoms with Crippen LogP contribution in [0.4, 0.5) is 11.5 Å². The summed E-state index contributed by atoms with van der Waals surface area (Å²) in [7, 11) is 7.18. The number of aromatic nitrogens is 4. The fourth-order valence-electron chi connectivity index (χ4n) is 3.61. The molecule has 2 aromatic carbocycles. The van der Waals surface area contributed by atoms with Gasteiger partial charge in [0, 0.05) is 35.9 Å². The van der Waals surface area contributed by atoms with E-state index in [1.807, 2.05) is 49.3 Å². The van der Waals surface area contributed by atoms with E-state index in [1.165, 1.54) is 6.33 Å². The number of halogens is 1. The fraction of sp³-hybridized carbons (Fsp3) is 0.200. The predicted molar refractivity (Wildman–Crippen MR) is 139 cm³/mol. The normalized spacial score (nSPS) is 11.5. The SMILES string of the molecule is COc1ccc(N(C)C(=O)C=CCN(C)C)cc1-n1nc(-c2ccc(Cl)cc2)c2c(N)ncnc21. The second kappa shape index (κ2) is 10.1. The maximum atomic E-state index is 12.7. The van der Waals surface area contributed by atoms with E-state index in [9.17, 15) is 4.79 Å². The van der Waals surface area contributed by atoms with Crippen LogP contribution in [0.25, 0.3) is 28.0 Å². The van der Waals surface area contributed by atoms with Crippen LogP contribution in [0, 0.1) is 0 Å². The number of fused-ring (bicyclic) bond motifs is 1. The Hall–Kier alpha value is -3.95. The van der Waals surface area contributed by atoms with Gasteiger partial charge in [0.1, 0.15) is 29.3 Å². The van der Waals surface area contributed by atoms with E-state index in [0.29, 0.717) is 51.2 Å². The van der Waals surface area contributed by atoms with Crippen LogP contribution in [0.2, 0.25) is 5.02 Å². The minimum atomic E-state index is -0.151. The first-order chi connectivity index (χ1) is 16.8. The Labute approximate surface area is 208 Å². The van der Waals surface area contributed by atoms with Crippen molar-refractivity contribution in [1.82, 2.24) is 24.6 Å². The third-order valence-electron chi connectivity index (χ3n) is 5.45. The Morgan fingerprint density at radius 2 is 1.89 bits per heavy atom. The molecule has 0 radical (unpaired) electrons. The van der Waals surface area contributed by atoms with Crippen LogP contribution in [0.5, 0.6) is 5.75 Å². The highest BCUT2D eigenvalue weighted by atomic mass is 35.5. The molecular formula is C25H26ClN7O2. The number of nitrogens with zero attached hydrogens (tertiary/aromatic N) is 6. The van der Waals surface area contributed by atoms with Gasteiger partial charge >= 0.3 is 0 Å². The molecule has 0 saturated carbocycles. The van der Waals surface area contributed by atoms with Crippen LogP contribution < -0.4 is 15.4 Å². The molecule has 0 aliphatic carbocycles. The molecule has 0 bridgehead atoms. The van der Waals surface area contributed by atoms with Crippen molar-refractivity contribution in [3.05, 3.63) is 66.0 Å². The molecule has 1 amide bonds. The molecular weight excluding hydrogens is 466 g/mol. The third kappa shape index (κ3) is 4.96. The Morgan fingerprint density at radius 1 is 1.14 bits per heavy atom. The summed E-state index contributed by atoms with van der Waals surface area (Å²) in [4.78, 5) is 24.9. The number of carbonyl (C=O) groups excluding carboxylic acids is 1. The lowest BCUT2D eigenvalue weighted by Gasteiger charge is -2.18. The summed E-state index contributed by atoms with van der Waals surface area (Å²) in [5.74, 6) is 0.711. The summed E-state index contributed by atoms with van der Waals surface area (Å²) in [6.07, 6.45) is 4.77. The number of rotatable bonds is 7. The van der Waals surface area contributed by atoms with E-state index in [-0.39, 0.29) is 5.91 Å². The van der Waals surface area contributed by atoms with E-state index in [0.717, 1.165) is 5.56 Å². The van der Waals surface area contributed by atoms with Crippen LogP contribution in [-0.2, 0) is 4.79 Å². The molecule has 0 saturated heterocycles. The number of anilines is 2. The minimum absolute atomic E-state index is 0.151. The standard InChI is InChI=1S/C25H26ClN7O2/c1-31(2)13-5-6-21(34)32(3)18-11-12-20(35-4)19(14-18)33-25-22(24(27)28-15-29-25)23(30-33)16-7-9-17(26)10-8-16/h5-12,14-15H,13H2,1-4H3,(H2,27,28,29). The van der Waals surface area contributed by atoms with Gasteiger partial charge in [-0.25, -0.2) is 14.6 Å². The minimum Gasteiger partial charge on any atom is -0.494 e. The molecule has 180 valence electrons. The highest BCUT2D eigenvalue weighted by molar-refractivity contribution is 6.30. The largest absolute Gasteiger partial charge is 0.494 e. The van der Waals surface area contributed by atoms with Crippen LogP contribution in [0.15, 0.2) is 60.9 Å². The third-order valence-corrected chi connectivity index (χ3v) is 5.70. The zero-order valence-corrected chi connectivity index (χ0v) is 20.7. The highest BCUT2D eigenvalue weighted by Gasteiger charge is 2.21. The van der Waals surface area contributed by atoms with Gasteiger partial charge in [-0.2, -0.15) is 5.10 Å². The molecule has 9 nitrogen and oxygen atoms in total. The van der Waals surface area contributed by atoms with Crippen molar-refractivity contribution in [1.29, 1.82) is 0 Å².